The number of aliphatic hydroxyl groups excluding tert-OH is 1. The molecule has 1 aliphatic carbocycles. The third-order valence-corrected chi connectivity index (χ3v) is 6.07. The summed E-state index contributed by atoms with van der Waals surface area (Å²) in [4.78, 5) is 11.9. The molecule has 0 radical (unpaired) electrons. The number of allylic oxidation sites excluding steroid dienone is 4. The van der Waals surface area contributed by atoms with Crippen molar-refractivity contribution in [2.45, 2.75) is 89.5 Å². The molecule has 0 amide bonds. The Morgan fingerprint density at radius 3 is 2.89 bits per heavy atom. The van der Waals surface area contributed by atoms with Crippen LogP contribution < -0.4 is 0 Å². The molecule has 0 aromatic carbocycles. The minimum atomic E-state index is -1.05. The van der Waals surface area contributed by atoms with Gasteiger partial charge in [-0.3, -0.25) is 4.79 Å². The van der Waals surface area contributed by atoms with Crippen molar-refractivity contribution in [1.29, 1.82) is 0 Å². The summed E-state index contributed by atoms with van der Waals surface area (Å²) in [5, 5.41) is 9.20. The Morgan fingerprint density at radius 1 is 1.43 bits per heavy atom. The Morgan fingerprint density at radius 2 is 2.18 bits per heavy atom. The molecule has 1 aliphatic rings. The largest absolute Gasteiger partial charge is 0.468 e. The van der Waals surface area contributed by atoms with E-state index in [0.29, 0.717) is 6.42 Å². The van der Waals surface area contributed by atoms with Crippen molar-refractivity contribution in [3.8, 4) is 0 Å². The molecule has 2 rings (SSSR count). The lowest BCUT2D eigenvalue weighted by atomic mass is 9.75. The lowest BCUT2D eigenvalue weighted by Gasteiger charge is -2.29. The predicted octanol–water partition coefficient (Wildman–Crippen LogP) is 6.13. The van der Waals surface area contributed by atoms with Gasteiger partial charge < -0.3 is 9.52 Å². The molecular weight excluding hydrogens is 372 g/mol. The van der Waals surface area contributed by atoms with E-state index in [-0.39, 0.29) is 17.1 Å². The molecule has 0 aliphatic heterocycles. The van der Waals surface area contributed by atoms with Gasteiger partial charge in [-0.05, 0) is 76.8 Å². The van der Waals surface area contributed by atoms with Crippen LogP contribution in [0.25, 0.3) is 0 Å². The van der Waals surface area contributed by atoms with Crippen LogP contribution in [0.2, 0.25) is 0 Å². The van der Waals surface area contributed by atoms with Gasteiger partial charge in [0.15, 0.2) is 5.78 Å². The van der Waals surface area contributed by atoms with Gasteiger partial charge in [0.1, 0.15) is 11.9 Å². The van der Waals surface area contributed by atoms with Gasteiger partial charge in [0, 0.05) is 11.8 Å². The minimum absolute atomic E-state index is 0.0108. The van der Waals surface area contributed by atoms with Crippen LogP contribution in [0, 0.1) is 5.92 Å². The summed E-state index contributed by atoms with van der Waals surface area (Å²) < 4.78 is 5.76. The summed E-state index contributed by atoms with van der Waals surface area (Å²) in [7, 11) is 0. The van der Waals surface area contributed by atoms with Crippen molar-refractivity contribution in [2.75, 3.05) is 0 Å². The van der Waals surface area contributed by atoms with Gasteiger partial charge >= 0.3 is 0 Å². The van der Waals surface area contributed by atoms with E-state index in [4.69, 9.17) is 16.0 Å². The van der Waals surface area contributed by atoms with E-state index >= 15 is 0 Å². The molecule has 0 fully saturated rings. The van der Waals surface area contributed by atoms with Gasteiger partial charge in [-0.15, -0.1) is 11.6 Å². The Labute approximate surface area is 174 Å². The summed E-state index contributed by atoms with van der Waals surface area (Å²) in [5.74, 6) is 1.23. The molecule has 0 saturated carbocycles. The van der Waals surface area contributed by atoms with Gasteiger partial charge in [-0.25, -0.2) is 0 Å². The summed E-state index contributed by atoms with van der Waals surface area (Å²) in [6, 6.07) is 2.10. The first kappa shape index (κ1) is 23.0. The molecule has 4 atom stereocenters. The van der Waals surface area contributed by atoms with Gasteiger partial charge in [-0.1, -0.05) is 30.7 Å². The van der Waals surface area contributed by atoms with Crippen molar-refractivity contribution in [1.82, 2.24) is 0 Å². The molecule has 1 N–H and O–H groups in total. The van der Waals surface area contributed by atoms with Gasteiger partial charge in [-0.2, -0.15) is 0 Å². The van der Waals surface area contributed by atoms with E-state index < -0.39 is 11.5 Å². The number of hydrogen-bond acceptors (Lipinski definition) is 3. The summed E-state index contributed by atoms with van der Waals surface area (Å²) >= 11 is 5.80. The lowest BCUT2D eigenvalue weighted by Crippen LogP contribution is -2.29. The Kier molecular flexibility index (Phi) is 8.57. The SMILES string of the molecule is CC(=CC=C[C@]1(C)CCCc2ccoc21)CCC[C@H](C)CC(=O)[C@H](O)[C@H](C)Cl. The molecule has 1 heterocycles. The number of fused-ring (bicyclic) bond motifs is 1. The van der Waals surface area contributed by atoms with Crippen LogP contribution in [0.1, 0.15) is 77.5 Å². The van der Waals surface area contributed by atoms with Crippen LogP contribution in [0.3, 0.4) is 0 Å². The van der Waals surface area contributed by atoms with Crippen LogP contribution in [0.15, 0.2) is 40.5 Å². The third-order valence-electron chi connectivity index (χ3n) is 5.84. The fourth-order valence-corrected chi connectivity index (χ4v) is 4.15. The van der Waals surface area contributed by atoms with Crippen LogP contribution >= 0.6 is 11.6 Å². The highest BCUT2D eigenvalue weighted by Crippen LogP contribution is 2.38. The molecule has 0 unspecified atom stereocenters. The average molecular weight is 407 g/mol. The first-order valence-electron chi connectivity index (χ1n) is 10.5. The van der Waals surface area contributed by atoms with Crippen LogP contribution in [-0.2, 0) is 16.6 Å². The zero-order chi connectivity index (χ0) is 20.7. The monoisotopic (exact) mass is 406 g/mol. The maximum atomic E-state index is 11.9. The molecule has 0 bridgehead atoms. The normalized spacial score (nSPS) is 23.4. The highest BCUT2D eigenvalue weighted by molar-refractivity contribution is 6.22. The molecule has 3 nitrogen and oxygen atoms in total. The molecule has 0 spiro atoms. The van der Waals surface area contributed by atoms with Gasteiger partial charge in [0.05, 0.1) is 11.6 Å². The number of ketones is 1. The second-order valence-electron chi connectivity index (χ2n) is 8.71. The Hall–Kier alpha value is -1.32. The van der Waals surface area contributed by atoms with E-state index in [1.807, 2.05) is 6.26 Å². The molecule has 1 aromatic rings. The van der Waals surface area contributed by atoms with E-state index in [0.717, 1.165) is 37.9 Å². The number of aliphatic hydroxyl groups is 1. The number of alkyl halides is 1. The fourth-order valence-electron chi connectivity index (χ4n) is 4.01. The van der Waals surface area contributed by atoms with Crippen LogP contribution in [-0.4, -0.2) is 22.4 Å². The number of carbonyl (C=O) groups is 1. The van der Waals surface area contributed by atoms with Crippen molar-refractivity contribution in [2.24, 2.45) is 5.92 Å². The quantitative estimate of drug-likeness (QED) is 0.375. The van der Waals surface area contributed by atoms with E-state index in [1.54, 1.807) is 6.92 Å². The molecular formula is C24H35ClO3. The Balaban J connectivity index is 1.78. The lowest BCUT2D eigenvalue weighted by molar-refractivity contribution is -0.127. The third kappa shape index (κ3) is 6.35. The van der Waals surface area contributed by atoms with E-state index in [2.05, 4.69) is 45.1 Å². The number of carbonyl (C=O) groups excluding carboxylic acids is 1. The first-order chi connectivity index (χ1) is 13.2. The molecule has 28 heavy (non-hydrogen) atoms. The average Bonchev–Trinajstić information content (AvgIpc) is 3.11. The Bertz CT molecular complexity index is 700. The van der Waals surface area contributed by atoms with Crippen molar-refractivity contribution in [3.63, 3.8) is 0 Å². The summed E-state index contributed by atoms with van der Waals surface area (Å²) in [6.45, 7) is 8.12. The zero-order valence-electron chi connectivity index (χ0n) is 17.7. The predicted molar refractivity (Wildman–Crippen MR) is 116 cm³/mol. The maximum Gasteiger partial charge on any atom is 0.163 e. The second kappa shape index (κ2) is 10.5. The van der Waals surface area contributed by atoms with E-state index in [9.17, 15) is 9.90 Å². The smallest absolute Gasteiger partial charge is 0.163 e. The summed E-state index contributed by atoms with van der Waals surface area (Å²) in [5.41, 5.74) is 2.67. The minimum Gasteiger partial charge on any atom is -0.468 e. The second-order valence-corrected chi connectivity index (χ2v) is 9.40. The van der Waals surface area contributed by atoms with Crippen LogP contribution in [0.4, 0.5) is 0 Å². The maximum absolute atomic E-state index is 11.9. The molecule has 156 valence electrons. The number of rotatable bonds is 10. The molecule has 0 saturated heterocycles. The fraction of sp³-hybridized carbons (Fsp3) is 0.625. The number of hydrogen-bond donors (Lipinski definition) is 1. The number of halogens is 1. The summed E-state index contributed by atoms with van der Waals surface area (Å²) in [6.07, 6.45) is 14.2. The topological polar surface area (TPSA) is 50.4 Å². The standard InChI is InChI=1S/C24H35ClO3/c1-17(8-5-9-18(2)16-21(26)22(27)19(3)25)10-6-13-24(4)14-7-11-20-12-15-28-23(20)24/h6,10,12-13,15,18-19,22,27H,5,7-9,11,14,16H2,1-4H3/t18-,19-,22+,24+/m0/s1. The molecule has 1 aromatic heterocycles. The highest BCUT2D eigenvalue weighted by Gasteiger charge is 2.32. The molecule has 4 heteroatoms. The number of aryl methyl sites for hydroxylation is 1. The first-order valence-corrected chi connectivity index (χ1v) is 10.9. The van der Waals surface area contributed by atoms with Crippen molar-refractivity contribution >= 4 is 17.4 Å². The van der Waals surface area contributed by atoms with E-state index in [1.165, 1.54) is 17.6 Å². The van der Waals surface area contributed by atoms with Gasteiger partial charge in [0.2, 0.25) is 0 Å². The highest BCUT2D eigenvalue weighted by atomic mass is 35.5. The van der Waals surface area contributed by atoms with Crippen molar-refractivity contribution < 1.29 is 14.3 Å². The van der Waals surface area contributed by atoms with Gasteiger partial charge in [0.25, 0.3) is 0 Å². The van der Waals surface area contributed by atoms with Crippen molar-refractivity contribution in [3.05, 3.63) is 47.5 Å². The number of Topliss-reactive ketones (excluding diaryl/α,β-unsaturated/α-hetero) is 1. The van der Waals surface area contributed by atoms with Crippen LogP contribution in [0.5, 0.6) is 0 Å². The number of furan rings is 1. The zero-order valence-corrected chi connectivity index (χ0v) is 18.5.